The lowest BCUT2D eigenvalue weighted by Gasteiger charge is -2.37. The number of piperazine rings is 1. The Morgan fingerprint density at radius 3 is 2.12 bits per heavy atom. The maximum absolute atomic E-state index is 12.6. The topological polar surface area (TPSA) is 82.2 Å². The SMILES string of the molecule is CCC(C)(C)NC(=O)CN1CCN(S(=O)(=O)N2CCOCC2)CC1. The van der Waals surface area contributed by atoms with Crippen LogP contribution in [0.15, 0.2) is 0 Å². The monoisotopic (exact) mass is 362 g/mol. The average Bonchev–Trinajstić information content (AvgIpc) is 2.55. The Hall–Kier alpha value is -0.740. The summed E-state index contributed by atoms with van der Waals surface area (Å²) in [6, 6.07) is 0. The van der Waals surface area contributed by atoms with Crippen molar-refractivity contribution in [1.29, 1.82) is 0 Å². The van der Waals surface area contributed by atoms with E-state index in [0.717, 1.165) is 6.42 Å². The van der Waals surface area contributed by atoms with Crippen LogP contribution in [0.3, 0.4) is 0 Å². The third kappa shape index (κ3) is 5.13. The molecule has 2 heterocycles. The number of nitrogens with one attached hydrogen (secondary N) is 1. The van der Waals surface area contributed by atoms with Crippen LogP contribution in [0.2, 0.25) is 0 Å². The first-order valence-corrected chi connectivity index (χ1v) is 10.0. The highest BCUT2D eigenvalue weighted by atomic mass is 32.2. The summed E-state index contributed by atoms with van der Waals surface area (Å²) in [5.41, 5.74) is -0.210. The van der Waals surface area contributed by atoms with Crippen LogP contribution in [-0.4, -0.2) is 92.4 Å². The second-order valence-corrected chi connectivity index (χ2v) is 8.91. The van der Waals surface area contributed by atoms with Crippen LogP contribution in [0.5, 0.6) is 0 Å². The minimum absolute atomic E-state index is 0.00802. The predicted molar refractivity (Wildman–Crippen MR) is 91.8 cm³/mol. The molecule has 2 saturated heterocycles. The minimum Gasteiger partial charge on any atom is -0.379 e. The molecule has 0 bridgehead atoms. The molecular formula is C15H30N4O4S. The third-order valence-electron chi connectivity index (χ3n) is 4.68. The van der Waals surface area contributed by atoms with E-state index in [1.54, 1.807) is 0 Å². The van der Waals surface area contributed by atoms with Gasteiger partial charge in [-0.25, -0.2) is 0 Å². The molecule has 0 atom stereocenters. The van der Waals surface area contributed by atoms with Gasteiger partial charge >= 0.3 is 0 Å². The van der Waals surface area contributed by atoms with Crippen LogP contribution < -0.4 is 5.32 Å². The summed E-state index contributed by atoms with van der Waals surface area (Å²) >= 11 is 0. The summed E-state index contributed by atoms with van der Waals surface area (Å²) in [6.07, 6.45) is 0.865. The van der Waals surface area contributed by atoms with Crippen LogP contribution in [0.25, 0.3) is 0 Å². The van der Waals surface area contributed by atoms with E-state index in [9.17, 15) is 13.2 Å². The molecule has 2 rings (SSSR count). The zero-order chi connectivity index (χ0) is 17.8. The number of ether oxygens (including phenoxy) is 1. The quantitative estimate of drug-likeness (QED) is 0.688. The standard InChI is InChI=1S/C15H30N4O4S/c1-4-15(2,3)16-14(20)13-17-5-7-18(8-6-17)24(21,22)19-9-11-23-12-10-19/h4-13H2,1-3H3,(H,16,20). The number of morpholine rings is 1. The van der Waals surface area contributed by atoms with Crippen LogP contribution in [0.1, 0.15) is 27.2 Å². The molecule has 0 aromatic rings. The first kappa shape index (κ1) is 19.6. The molecule has 1 N–H and O–H groups in total. The van der Waals surface area contributed by atoms with Crippen molar-refractivity contribution in [1.82, 2.24) is 18.8 Å². The molecule has 2 fully saturated rings. The normalized spacial score (nSPS) is 22.5. The van der Waals surface area contributed by atoms with E-state index in [2.05, 4.69) is 5.32 Å². The number of carbonyl (C=O) groups excluding carboxylic acids is 1. The van der Waals surface area contributed by atoms with Gasteiger partial charge in [-0.3, -0.25) is 9.69 Å². The molecule has 1 amide bonds. The zero-order valence-electron chi connectivity index (χ0n) is 15.0. The molecule has 0 saturated carbocycles. The van der Waals surface area contributed by atoms with Crippen molar-refractivity contribution in [3.63, 3.8) is 0 Å². The van der Waals surface area contributed by atoms with E-state index in [1.165, 1.54) is 8.61 Å². The lowest BCUT2D eigenvalue weighted by Crippen LogP contribution is -2.56. The lowest BCUT2D eigenvalue weighted by atomic mass is 10.0. The smallest absolute Gasteiger partial charge is 0.282 e. The minimum atomic E-state index is -3.41. The fourth-order valence-electron chi connectivity index (χ4n) is 2.77. The van der Waals surface area contributed by atoms with Crippen LogP contribution in [0.4, 0.5) is 0 Å². The third-order valence-corrected chi connectivity index (χ3v) is 6.72. The summed E-state index contributed by atoms with van der Waals surface area (Å²) in [6.45, 7) is 10.1. The Balaban J connectivity index is 1.81. The predicted octanol–water partition coefficient (Wildman–Crippen LogP) is -0.514. The Kier molecular flexibility index (Phi) is 6.60. The molecule has 2 aliphatic rings. The first-order valence-electron chi connectivity index (χ1n) is 8.61. The van der Waals surface area contributed by atoms with E-state index < -0.39 is 10.2 Å². The lowest BCUT2D eigenvalue weighted by molar-refractivity contribution is -0.124. The van der Waals surface area contributed by atoms with Crippen molar-refractivity contribution in [2.75, 3.05) is 59.0 Å². The maximum atomic E-state index is 12.6. The van der Waals surface area contributed by atoms with Crippen LogP contribution in [0, 0.1) is 0 Å². The summed E-state index contributed by atoms with van der Waals surface area (Å²) in [5.74, 6) is -0.00802. The van der Waals surface area contributed by atoms with Gasteiger partial charge in [0, 0.05) is 44.8 Å². The molecule has 0 aromatic carbocycles. The summed E-state index contributed by atoms with van der Waals surface area (Å²) in [4.78, 5) is 14.1. The Morgan fingerprint density at radius 1 is 1.04 bits per heavy atom. The number of hydrogen-bond donors (Lipinski definition) is 1. The van der Waals surface area contributed by atoms with E-state index in [1.807, 2.05) is 25.7 Å². The van der Waals surface area contributed by atoms with Crippen LogP contribution >= 0.6 is 0 Å². The van der Waals surface area contributed by atoms with E-state index in [4.69, 9.17) is 4.74 Å². The fourth-order valence-corrected chi connectivity index (χ4v) is 4.33. The van der Waals surface area contributed by atoms with Crippen molar-refractivity contribution < 1.29 is 17.9 Å². The van der Waals surface area contributed by atoms with Gasteiger partial charge < -0.3 is 10.1 Å². The van der Waals surface area contributed by atoms with E-state index >= 15 is 0 Å². The van der Waals surface area contributed by atoms with E-state index in [0.29, 0.717) is 59.0 Å². The highest BCUT2D eigenvalue weighted by Gasteiger charge is 2.33. The summed E-state index contributed by atoms with van der Waals surface area (Å²) < 4.78 is 33.4. The molecule has 24 heavy (non-hydrogen) atoms. The second kappa shape index (κ2) is 8.09. The van der Waals surface area contributed by atoms with Gasteiger partial charge in [0.05, 0.1) is 19.8 Å². The average molecular weight is 362 g/mol. The van der Waals surface area contributed by atoms with Gasteiger partial charge in [0.15, 0.2) is 0 Å². The Labute approximate surface area is 145 Å². The van der Waals surface area contributed by atoms with Gasteiger partial charge in [-0.05, 0) is 20.3 Å². The molecule has 2 aliphatic heterocycles. The Morgan fingerprint density at radius 2 is 1.58 bits per heavy atom. The van der Waals surface area contributed by atoms with Gasteiger partial charge in [0.2, 0.25) is 5.91 Å². The van der Waals surface area contributed by atoms with Gasteiger partial charge in [0.1, 0.15) is 0 Å². The van der Waals surface area contributed by atoms with E-state index in [-0.39, 0.29) is 11.4 Å². The Bertz CT molecular complexity index is 524. The summed E-state index contributed by atoms with van der Waals surface area (Å²) in [5, 5.41) is 3.01. The number of carbonyl (C=O) groups is 1. The summed E-state index contributed by atoms with van der Waals surface area (Å²) in [7, 11) is -3.41. The number of hydrogen-bond acceptors (Lipinski definition) is 5. The molecule has 140 valence electrons. The molecule has 0 aliphatic carbocycles. The molecule has 0 aromatic heterocycles. The van der Waals surface area contributed by atoms with Crippen molar-refractivity contribution in [3.8, 4) is 0 Å². The second-order valence-electron chi connectivity index (χ2n) is 6.98. The highest BCUT2D eigenvalue weighted by molar-refractivity contribution is 7.86. The molecule has 0 radical (unpaired) electrons. The van der Waals surface area contributed by atoms with Gasteiger partial charge in [-0.1, -0.05) is 6.92 Å². The maximum Gasteiger partial charge on any atom is 0.282 e. The van der Waals surface area contributed by atoms with Crippen LogP contribution in [-0.2, 0) is 19.7 Å². The molecular weight excluding hydrogens is 332 g/mol. The largest absolute Gasteiger partial charge is 0.379 e. The molecule has 8 nitrogen and oxygen atoms in total. The first-order chi connectivity index (χ1) is 11.2. The zero-order valence-corrected chi connectivity index (χ0v) is 15.8. The molecule has 9 heteroatoms. The van der Waals surface area contributed by atoms with Crippen molar-refractivity contribution >= 4 is 16.1 Å². The molecule has 0 unspecified atom stereocenters. The fraction of sp³-hybridized carbons (Fsp3) is 0.933. The van der Waals surface area contributed by atoms with Gasteiger partial charge in [-0.15, -0.1) is 0 Å². The number of nitrogens with zero attached hydrogens (tertiary/aromatic N) is 3. The number of rotatable bonds is 6. The number of amides is 1. The van der Waals surface area contributed by atoms with Gasteiger partial charge in [-0.2, -0.15) is 17.0 Å². The van der Waals surface area contributed by atoms with Gasteiger partial charge in [0.25, 0.3) is 10.2 Å². The molecule has 0 spiro atoms. The van der Waals surface area contributed by atoms with Crippen molar-refractivity contribution in [2.45, 2.75) is 32.7 Å². The van der Waals surface area contributed by atoms with Crippen molar-refractivity contribution in [2.24, 2.45) is 0 Å². The highest BCUT2D eigenvalue weighted by Crippen LogP contribution is 2.14. The van der Waals surface area contributed by atoms with Crippen molar-refractivity contribution in [3.05, 3.63) is 0 Å².